The number of hydrogen-bond acceptors (Lipinski definition) is 6. The molecule has 2 N–H and O–H groups in total. The van der Waals surface area contributed by atoms with Gasteiger partial charge in [-0.25, -0.2) is 4.98 Å². The fourth-order valence-electron chi connectivity index (χ4n) is 3.26. The number of piperidine rings is 1. The Morgan fingerprint density at radius 3 is 2.59 bits per heavy atom. The van der Waals surface area contributed by atoms with Crippen LogP contribution in [0.3, 0.4) is 0 Å². The van der Waals surface area contributed by atoms with Crippen LogP contribution in [0.2, 0.25) is 0 Å². The predicted octanol–water partition coefficient (Wildman–Crippen LogP) is 1.93. The van der Waals surface area contributed by atoms with Crippen LogP contribution in [0.4, 0.5) is 11.5 Å². The Morgan fingerprint density at radius 1 is 1.21 bits per heavy atom. The number of nitrogens with zero attached hydrogens (tertiary/aromatic N) is 3. The second-order valence-corrected chi connectivity index (χ2v) is 6.81. The molecule has 0 spiro atoms. The van der Waals surface area contributed by atoms with Crippen molar-refractivity contribution < 1.29 is 14.3 Å². The molecule has 150 valence electrons. The summed E-state index contributed by atoms with van der Waals surface area (Å²) in [4.78, 5) is 30.5. The highest BCUT2D eigenvalue weighted by Crippen LogP contribution is 2.23. The largest absolute Gasteiger partial charge is 0.497 e. The highest BCUT2D eigenvalue weighted by atomic mass is 16.5. The monoisotopic (exact) mass is 393 g/mol. The van der Waals surface area contributed by atoms with Crippen molar-refractivity contribution in [2.24, 2.45) is 5.92 Å². The number of aromatic nitrogens is 1. The van der Waals surface area contributed by atoms with Gasteiger partial charge >= 0.3 is 11.8 Å². The maximum Gasteiger partial charge on any atom is 0.313 e. The molecule has 29 heavy (non-hydrogen) atoms. The molecule has 8 heteroatoms. The minimum absolute atomic E-state index is 0.276. The van der Waals surface area contributed by atoms with E-state index >= 15 is 0 Å². The number of nitriles is 1. The zero-order chi connectivity index (χ0) is 20.6. The van der Waals surface area contributed by atoms with Gasteiger partial charge in [0.25, 0.3) is 0 Å². The number of pyridine rings is 1. The minimum atomic E-state index is -0.695. The van der Waals surface area contributed by atoms with Gasteiger partial charge in [0.2, 0.25) is 0 Å². The van der Waals surface area contributed by atoms with E-state index in [9.17, 15) is 14.9 Å². The summed E-state index contributed by atoms with van der Waals surface area (Å²) in [6.07, 6.45) is 3.38. The summed E-state index contributed by atoms with van der Waals surface area (Å²) in [5.41, 5.74) is 1.09. The van der Waals surface area contributed by atoms with Crippen LogP contribution in [0.25, 0.3) is 0 Å². The fourth-order valence-corrected chi connectivity index (χ4v) is 3.26. The average Bonchev–Trinajstić information content (AvgIpc) is 2.78. The summed E-state index contributed by atoms with van der Waals surface area (Å²) in [6.45, 7) is 1.95. The number of rotatable bonds is 5. The van der Waals surface area contributed by atoms with Crippen molar-refractivity contribution in [3.63, 3.8) is 0 Å². The fraction of sp³-hybridized carbons (Fsp3) is 0.333. The molecule has 2 amide bonds. The van der Waals surface area contributed by atoms with Gasteiger partial charge in [-0.3, -0.25) is 9.59 Å². The van der Waals surface area contributed by atoms with E-state index in [-0.39, 0.29) is 5.92 Å². The number of methoxy groups -OCH3 is 1. The van der Waals surface area contributed by atoms with Crippen LogP contribution in [-0.2, 0) is 9.59 Å². The van der Waals surface area contributed by atoms with Crippen molar-refractivity contribution in [2.75, 3.05) is 37.0 Å². The van der Waals surface area contributed by atoms with Gasteiger partial charge in [-0.15, -0.1) is 0 Å². The number of ether oxygens (including phenoxy) is 1. The van der Waals surface area contributed by atoms with Gasteiger partial charge < -0.3 is 20.3 Å². The molecule has 8 nitrogen and oxygen atoms in total. The van der Waals surface area contributed by atoms with Crippen LogP contribution < -0.4 is 20.3 Å². The third kappa shape index (κ3) is 5.23. The van der Waals surface area contributed by atoms with Crippen LogP contribution in [0.5, 0.6) is 5.75 Å². The van der Waals surface area contributed by atoms with Gasteiger partial charge in [-0.1, -0.05) is 0 Å². The highest BCUT2D eigenvalue weighted by Gasteiger charge is 2.23. The normalized spacial score (nSPS) is 14.0. The van der Waals surface area contributed by atoms with Crippen LogP contribution in [0.1, 0.15) is 18.4 Å². The number of anilines is 2. The van der Waals surface area contributed by atoms with E-state index in [1.54, 1.807) is 49.7 Å². The second kappa shape index (κ2) is 9.55. The van der Waals surface area contributed by atoms with Gasteiger partial charge in [0.05, 0.1) is 12.7 Å². The van der Waals surface area contributed by atoms with E-state index in [1.165, 1.54) is 0 Å². The lowest BCUT2D eigenvalue weighted by Crippen LogP contribution is -2.42. The zero-order valence-corrected chi connectivity index (χ0v) is 16.2. The van der Waals surface area contributed by atoms with Crippen molar-refractivity contribution in [3.8, 4) is 11.8 Å². The van der Waals surface area contributed by atoms with E-state index < -0.39 is 11.8 Å². The number of nitrogens with one attached hydrogen (secondary N) is 2. The van der Waals surface area contributed by atoms with Crippen LogP contribution in [-0.4, -0.2) is 43.5 Å². The Labute approximate surface area is 169 Å². The van der Waals surface area contributed by atoms with Crippen molar-refractivity contribution in [1.29, 1.82) is 5.26 Å². The number of hydrogen-bond donors (Lipinski definition) is 2. The molecule has 1 saturated heterocycles. The summed E-state index contributed by atoms with van der Waals surface area (Å²) in [5.74, 6) is 0.306. The average molecular weight is 393 g/mol. The molecule has 1 fully saturated rings. The Hall–Kier alpha value is -3.60. The lowest BCUT2D eigenvalue weighted by molar-refractivity contribution is -0.136. The standard InChI is InChI=1S/C21H23N5O3/c1-29-18-6-4-17(5-7-18)25-21(28)20(27)24-14-15-8-11-26(12-9-15)19-16(13-22)3-2-10-23-19/h2-7,10,15H,8-9,11-12,14H2,1H3,(H,24,27)(H,25,28). The van der Waals surface area contributed by atoms with Crippen LogP contribution in [0.15, 0.2) is 42.6 Å². The van der Waals surface area contributed by atoms with Crippen molar-refractivity contribution >= 4 is 23.3 Å². The SMILES string of the molecule is COc1ccc(NC(=O)C(=O)NCC2CCN(c3ncccc3C#N)CC2)cc1. The van der Waals surface area contributed by atoms with E-state index in [2.05, 4.69) is 26.6 Å². The number of amides is 2. The Morgan fingerprint density at radius 2 is 1.93 bits per heavy atom. The smallest absolute Gasteiger partial charge is 0.313 e. The minimum Gasteiger partial charge on any atom is -0.497 e. The third-order valence-electron chi connectivity index (χ3n) is 4.93. The van der Waals surface area contributed by atoms with E-state index in [4.69, 9.17) is 4.74 Å². The molecular formula is C21H23N5O3. The predicted molar refractivity (Wildman–Crippen MR) is 109 cm³/mol. The van der Waals surface area contributed by atoms with E-state index in [0.717, 1.165) is 25.9 Å². The van der Waals surface area contributed by atoms with Gasteiger partial charge in [0.1, 0.15) is 17.6 Å². The summed E-state index contributed by atoms with van der Waals surface area (Å²) in [6, 6.07) is 12.4. The molecule has 0 radical (unpaired) electrons. The molecule has 1 aliphatic rings. The van der Waals surface area contributed by atoms with Crippen LogP contribution in [0, 0.1) is 17.2 Å². The van der Waals surface area contributed by atoms with E-state index in [0.29, 0.717) is 29.4 Å². The molecule has 3 rings (SSSR count). The number of carbonyl (C=O) groups excluding carboxylic acids is 2. The molecule has 2 heterocycles. The lowest BCUT2D eigenvalue weighted by atomic mass is 9.96. The highest BCUT2D eigenvalue weighted by molar-refractivity contribution is 6.39. The number of carbonyl (C=O) groups is 2. The Bertz CT molecular complexity index is 899. The molecule has 2 aromatic rings. The molecule has 0 saturated carbocycles. The first-order chi connectivity index (χ1) is 14.1. The first-order valence-corrected chi connectivity index (χ1v) is 9.44. The van der Waals surface area contributed by atoms with Gasteiger partial charge in [-0.2, -0.15) is 5.26 Å². The quantitative estimate of drug-likeness (QED) is 0.752. The molecule has 0 bridgehead atoms. The summed E-state index contributed by atoms with van der Waals surface area (Å²) < 4.78 is 5.06. The molecule has 1 aromatic heterocycles. The zero-order valence-electron chi connectivity index (χ0n) is 16.2. The Balaban J connectivity index is 1.44. The van der Waals surface area contributed by atoms with Gasteiger partial charge in [0.15, 0.2) is 0 Å². The van der Waals surface area contributed by atoms with Crippen LogP contribution >= 0.6 is 0 Å². The maximum absolute atomic E-state index is 12.1. The number of benzene rings is 1. The van der Waals surface area contributed by atoms with Crippen molar-refractivity contribution in [3.05, 3.63) is 48.2 Å². The summed E-state index contributed by atoms with van der Waals surface area (Å²) in [7, 11) is 1.56. The molecule has 1 aliphatic heterocycles. The van der Waals surface area contributed by atoms with Gasteiger partial charge in [-0.05, 0) is 55.2 Å². The molecule has 0 atom stereocenters. The molecule has 1 aromatic carbocycles. The second-order valence-electron chi connectivity index (χ2n) is 6.81. The van der Waals surface area contributed by atoms with Crippen molar-refractivity contribution in [1.82, 2.24) is 10.3 Å². The lowest BCUT2D eigenvalue weighted by Gasteiger charge is -2.33. The maximum atomic E-state index is 12.1. The van der Waals surface area contributed by atoms with Gasteiger partial charge in [0, 0.05) is 31.5 Å². The first kappa shape index (κ1) is 20.1. The van der Waals surface area contributed by atoms with E-state index in [1.807, 2.05) is 0 Å². The molecule has 0 unspecified atom stereocenters. The third-order valence-corrected chi connectivity index (χ3v) is 4.93. The first-order valence-electron chi connectivity index (χ1n) is 9.44. The Kier molecular flexibility index (Phi) is 6.63. The molecular weight excluding hydrogens is 370 g/mol. The topological polar surface area (TPSA) is 107 Å². The summed E-state index contributed by atoms with van der Waals surface area (Å²) in [5, 5.41) is 14.5. The molecule has 0 aliphatic carbocycles. The van der Waals surface area contributed by atoms with Crippen molar-refractivity contribution in [2.45, 2.75) is 12.8 Å². The summed E-state index contributed by atoms with van der Waals surface area (Å²) >= 11 is 0.